The lowest BCUT2D eigenvalue weighted by molar-refractivity contribution is 0.293. The highest BCUT2D eigenvalue weighted by Gasteiger charge is 2.09. The van der Waals surface area contributed by atoms with Gasteiger partial charge in [0.15, 0.2) is 0 Å². The Bertz CT molecular complexity index is 906. The molecule has 0 saturated heterocycles. The first-order valence-corrected chi connectivity index (χ1v) is 10.9. The first-order chi connectivity index (χ1) is 14.7. The van der Waals surface area contributed by atoms with Crippen LogP contribution in [-0.2, 0) is 6.54 Å². The van der Waals surface area contributed by atoms with Gasteiger partial charge in [0.05, 0.1) is 0 Å². The topological polar surface area (TPSA) is 78.0 Å². The van der Waals surface area contributed by atoms with Crippen molar-refractivity contribution in [2.75, 3.05) is 48.7 Å². The molecular weight excluding hydrogens is 394 g/mol. The van der Waals surface area contributed by atoms with Crippen LogP contribution in [0.4, 0.5) is 17.8 Å². The molecule has 3 rings (SSSR count). The smallest absolute Gasteiger partial charge is 0.229 e. The normalized spacial score (nSPS) is 10.9. The van der Waals surface area contributed by atoms with Gasteiger partial charge < -0.3 is 16.0 Å². The van der Waals surface area contributed by atoms with E-state index < -0.39 is 0 Å². The number of hydrogen-bond donors (Lipinski definition) is 3. The Kier molecular flexibility index (Phi) is 8.17. The van der Waals surface area contributed by atoms with Gasteiger partial charge in [0.1, 0.15) is 0 Å². The summed E-state index contributed by atoms with van der Waals surface area (Å²) >= 11 is 1.86. The maximum atomic E-state index is 4.44. The van der Waals surface area contributed by atoms with Crippen LogP contribution in [0.3, 0.4) is 0 Å². The quantitative estimate of drug-likeness (QED) is 0.355. The van der Waals surface area contributed by atoms with E-state index in [4.69, 9.17) is 0 Å². The van der Waals surface area contributed by atoms with Gasteiger partial charge >= 0.3 is 0 Å². The zero-order valence-corrected chi connectivity index (χ0v) is 18.2. The van der Waals surface area contributed by atoms with E-state index in [1.165, 1.54) is 15.0 Å². The highest BCUT2D eigenvalue weighted by atomic mass is 32.1. The van der Waals surface area contributed by atoms with Crippen molar-refractivity contribution in [2.45, 2.75) is 13.5 Å². The molecule has 0 bridgehead atoms. The van der Waals surface area contributed by atoms with E-state index in [9.17, 15) is 0 Å². The van der Waals surface area contributed by atoms with E-state index in [0.717, 1.165) is 26.2 Å². The Morgan fingerprint density at radius 2 is 1.60 bits per heavy atom. The highest BCUT2D eigenvalue weighted by Crippen LogP contribution is 2.26. The van der Waals surface area contributed by atoms with Gasteiger partial charge in [0, 0.05) is 42.3 Å². The number of anilines is 3. The summed E-state index contributed by atoms with van der Waals surface area (Å²) in [6, 6.07) is 10.8. The molecule has 2 heterocycles. The number of benzene rings is 1. The summed E-state index contributed by atoms with van der Waals surface area (Å²) in [5.41, 5.74) is 0. The van der Waals surface area contributed by atoms with Gasteiger partial charge in [-0.3, -0.25) is 4.90 Å². The lowest BCUT2D eigenvalue weighted by atomic mass is 10.2. The van der Waals surface area contributed by atoms with Crippen molar-refractivity contribution in [1.29, 1.82) is 0 Å². The summed E-state index contributed by atoms with van der Waals surface area (Å²) < 4.78 is 1.34. The van der Waals surface area contributed by atoms with Crippen molar-refractivity contribution in [1.82, 2.24) is 19.9 Å². The summed E-state index contributed by atoms with van der Waals surface area (Å²) in [6.07, 6.45) is 3.53. The Balaban J connectivity index is 1.58. The van der Waals surface area contributed by atoms with Gasteiger partial charge in [-0.05, 0) is 24.1 Å². The maximum Gasteiger partial charge on any atom is 0.229 e. The van der Waals surface area contributed by atoms with E-state index in [1.54, 1.807) is 12.2 Å². The Labute approximate surface area is 182 Å². The van der Waals surface area contributed by atoms with Crippen LogP contribution < -0.4 is 16.0 Å². The number of fused-ring (bicyclic) bond motifs is 1. The molecule has 8 heteroatoms. The fraction of sp³-hybridized carbons (Fsp3) is 0.318. The van der Waals surface area contributed by atoms with Crippen molar-refractivity contribution >= 4 is 39.3 Å². The third-order valence-electron chi connectivity index (χ3n) is 4.46. The van der Waals surface area contributed by atoms with Crippen molar-refractivity contribution in [3.63, 3.8) is 0 Å². The highest BCUT2D eigenvalue weighted by molar-refractivity contribution is 7.19. The molecule has 0 unspecified atom stereocenters. The number of nitrogens with zero attached hydrogens (tertiary/aromatic N) is 4. The third kappa shape index (κ3) is 6.27. The van der Waals surface area contributed by atoms with Crippen molar-refractivity contribution < 1.29 is 0 Å². The molecule has 3 aromatic rings. The van der Waals surface area contributed by atoms with E-state index in [2.05, 4.69) is 86.2 Å². The predicted octanol–water partition coefficient (Wildman–Crippen LogP) is 4.22. The van der Waals surface area contributed by atoms with Crippen LogP contribution in [0.1, 0.15) is 11.8 Å². The summed E-state index contributed by atoms with van der Waals surface area (Å²) in [5.74, 6) is 1.56. The molecule has 0 saturated carbocycles. The molecule has 0 amide bonds. The number of nitrogens with one attached hydrogen (secondary N) is 3. The van der Waals surface area contributed by atoms with Crippen molar-refractivity contribution in [2.24, 2.45) is 0 Å². The van der Waals surface area contributed by atoms with E-state index in [-0.39, 0.29) is 0 Å². The molecule has 0 aliphatic rings. The van der Waals surface area contributed by atoms with Crippen molar-refractivity contribution in [3.05, 3.63) is 60.5 Å². The van der Waals surface area contributed by atoms with E-state index in [1.807, 2.05) is 11.3 Å². The molecule has 0 atom stereocenters. The van der Waals surface area contributed by atoms with Gasteiger partial charge in [-0.15, -0.1) is 24.5 Å². The second-order valence-electron chi connectivity index (χ2n) is 6.69. The molecule has 0 fully saturated rings. The minimum absolute atomic E-state index is 0.511. The lowest BCUT2D eigenvalue weighted by Crippen LogP contribution is -2.28. The second-order valence-corrected chi connectivity index (χ2v) is 7.86. The zero-order chi connectivity index (χ0) is 21.2. The standard InChI is InChI=1S/C22H29N7S/c1-4-11-23-20-26-21(24-12-5-2)28-22(27-20)25-13-14-29(6-3)16-18-15-17-9-7-8-10-19(17)30-18/h4-5,7-10,15H,1-2,6,11-14,16H2,3H3,(H3,23,24,25,26,27,28). The van der Waals surface area contributed by atoms with Crippen LogP contribution >= 0.6 is 11.3 Å². The summed E-state index contributed by atoms with van der Waals surface area (Å²) in [7, 11) is 0. The molecular formula is C22H29N7S. The second kappa shape index (κ2) is 11.3. The number of hydrogen-bond acceptors (Lipinski definition) is 8. The van der Waals surface area contributed by atoms with Gasteiger partial charge in [-0.2, -0.15) is 15.0 Å². The minimum Gasteiger partial charge on any atom is -0.353 e. The first kappa shape index (κ1) is 21.7. The van der Waals surface area contributed by atoms with Gasteiger partial charge in [0.25, 0.3) is 0 Å². The van der Waals surface area contributed by atoms with Crippen LogP contribution in [0.15, 0.2) is 55.6 Å². The number of likely N-dealkylation sites (N-methyl/N-ethyl adjacent to an activating group) is 1. The molecule has 158 valence electrons. The maximum absolute atomic E-state index is 4.44. The van der Waals surface area contributed by atoms with Crippen LogP contribution in [0.25, 0.3) is 10.1 Å². The molecule has 3 N–H and O–H groups in total. The fourth-order valence-corrected chi connectivity index (χ4v) is 4.06. The van der Waals surface area contributed by atoms with Crippen molar-refractivity contribution in [3.8, 4) is 0 Å². The van der Waals surface area contributed by atoms with E-state index >= 15 is 0 Å². The van der Waals surface area contributed by atoms with Gasteiger partial charge in [0.2, 0.25) is 17.8 Å². The minimum atomic E-state index is 0.511. The average Bonchev–Trinajstić information content (AvgIpc) is 3.18. The molecule has 2 aromatic heterocycles. The number of rotatable bonds is 13. The third-order valence-corrected chi connectivity index (χ3v) is 5.56. The molecule has 0 aliphatic heterocycles. The largest absolute Gasteiger partial charge is 0.353 e. The number of aromatic nitrogens is 3. The van der Waals surface area contributed by atoms with Gasteiger partial charge in [-0.25, -0.2) is 0 Å². The van der Waals surface area contributed by atoms with E-state index in [0.29, 0.717) is 30.9 Å². The molecule has 7 nitrogen and oxygen atoms in total. The SMILES string of the molecule is C=CCNc1nc(NCC=C)nc(NCCN(CC)Cc2cc3ccccc3s2)n1. The summed E-state index contributed by atoms with van der Waals surface area (Å²) in [6.45, 7) is 14.3. The Morgan fingerprint density at radius 3 is 2.20 bits per heavy atom. The molecule has 0 radical (unpaired) electrons. The lowest BCUT2D eigenvalue weighted by Gasteiger charge is -2.20. The van der Waals surface area contributed by atoms with Crippen LogP contribution in [0.5, 0.6) is 0 Å². The first-order valence-electron chi connectivity index (χ1n) is 10.1. The summed E-state index contributed by atoms with van der Waals surface area (Å²) in [5, 5.41) is 10.9. The molecule has 1 aromatic carbocycles. The number of thiophene rings is 1. The van der Waals surface area contributed by atoms with Crippen LogP contribution in [0.2, 0.25) is 0 Å². The fourth-order valence-electron chi connectivity index (χ4n) is 2.95. The van der Waals surface area contributed by atoms with Crippen LogP contribution in [-0.4, -0.2) is 52.6 Å². The van der Waals surface area contributed by atoms with Gasteiger partial charge in [-0.1, -0.05) is 37.3 Å². The average molecular weight is 424 g/mol. The van der Waals surface area contributed by atoms with Crippen LogP contribution in [0, 0.1) is 0 Å². The summed E-state index contributed by atoms with van der Waals surface area (Å²) in [4.78, 5) is 17.0. The molecule has 0 spiro atoms. The monoisotopic (exact) mass is 423 g/mol. The Hall–Kier alpha value is -2.97. The molecule has 30 heavy (non-hydrogen) atoms. The Morgan fingerprint density at radius 1 is 0.967 bits per heavy atom. The molecule has 0 aliphatic carbocycles. The zero-order valence-electron chi connectivity index (χ0n) is 17.4. The predicted molar refractivity (Wildman–Crippen MR) is 128 cm³/mol.